The molecule has 6 aliphatic carbocycles. The normalized spacial score (nSPS) is 51.8. The van der Waals surface area contributed by atoms with Gasteiger partial charge >= 0.3 is 0 Å². The molecule has 2 aliphatic heterocycles. The summed E-state index contributed by atoms with van der Waals surface area (Å²) in [5.74, 6) is 0.122. The Kier molecular flexibility index (Phi) is 10.7. The van der Waals surface area contributed by atoms with Crippen LogP contribution in [-0.2, 0) is 9.53 Å². The van der Waals surface area contributed by atoms with Gasteiger partial charge in [0.2, 0.25) is 0 Å². The van der Waals surface area contributed by atoms with Crippen molar-refractivity contribution >= 4 is 5.78 Å². The molecule has 304 valence electrons. The molecule has 54 heavy (non-hydrogen) atoms. The number of ether oxygens (including phenoxy) is 1. The van der Waals surface area contributed by atoms with Gasteiger partial charge in [0, 0.05) is 30.3 Å². The van der Waals surface area contributed by atoms with Gasteiger partial charge in [0.15, 0.2) is 5.78 Å². The predicted octanol–water partition coefficient (Wildman–Crippen LogP) is 2.72. The highest BCUT2D eigenvalue weighted by molar-refractivity contribution is 5.95. The third kappa shape index (κ3) is 6.01. The molecule has 19 atom stereocenters. The zero-order valence-corrected chi connectivity index (χ0v) is 33.1. The van der Waals surface area contributed by atoms with E-state index in [-0.39, 0.29) is 61.2 Å². The minimum absolute atomic E-state index is 0.0631. The average molecular weight is 756 g/mol. The van der Waals surface area contributed by atoms with Crippen molar-refractivity contribution in [2.45, 2.75) is 165 Å². The van der Waals surface area contributed by atoms with Crippen molar-refractivity contribution in [2.75, 3.05) is 13.2 Å². The van der Waals surface area contributed by atoms with Crippen LogP contribution >= 0.6 is 0 Å². The van der Waals surface area contributed by atoms with E-state index in [1.807, 2.05) is 0 Å². The number of aliphatic hydroxyl groups excluding tert-OH is 4. The molecule has 0 aromatic heterocycles. The van der Waals surface area contributed by atoms with E-state index >= 15 is 0 Å². The van der Waals surface area contributed by atoms with Gasteiger partial charge in [0.1, 0.15) is 12.3 Å². The summed E-state index contributed by atoms with van der Waals surface area (Å²) in [6.07, 6.45) is 14.1. The second-order valence-corrected chi connectivity index (χ2v) is 20.2. The molecule has 10 N–H and O–H groups in total. The number of hydrogen-bond acceptors (Lipinski definition) is 9. The van der Waals surface area contributed by atoms with Crippen molar-refractivity contribution in [3.8, 4) is 0 Å². The summed E-state index contributed by atoms with van der Waals surface area (Å²) in [6, 6.07) is 0. The van der Waals surface area contributed by atoms with E-state index in [1.165, 1.54) is 19.3 Å². The van der Waals surface area contributed by atoms with Crippen LogP contribution in [0.4, 0.5) is 0 Å². The number of aliphatic hydroxyl groups is 6. The van der Waals surface area contributed by atoms with Crippen molar-refractivity contribution in [3.63, 3.8) is 0 Å². The third-order valence-corrected chi connectivity index (χ3v) is 17.7. The first kappa shape index (κ1) is 39.6. The van der Waals surface area contributed by atoms with E-state index in [1.54, 1.807) is 13.0 Å². The predicted molar refractivity (Wildman–Crippen MR) is 203 cm³/mol. The van der Waals surface area contributed by atoms with E-state index < -0.39 is 58.3 Å². The number of piperidine rings is 1. The van der Waals surface area contributed by atoms with Crippen molar-refractivity contribution in [3.05, 3.63) is 23.8 Å². The molecule has 0 radical (unpaired) electrons. The first-order valence-corrected chi connectivity index (χ1v) is 22.0. The summed E-state index contributed by atoms with van der Waals surface area (Å²) >= 11 is 0. The van der Waals surface area contributed by atoms with Crippen LogP contribution < -0.4 is 11.1 Å². The van der Waals surface area contributed by atoms with Gasteiger partial charge in [-0.15, -0.1) is 0 Å². The van der Waals surface area contributed by atoms with E-state index in [9.17, 15) is 35.4 Å². The summed E-state index contributed by atoms with van der Waals surface area (Å²) < 4.78 is 6.74. The average Bonchev–Trinajstić information content (AvgIpc) is 3.44. The van der Waals surface area contributed by atoms with Gasteiger partial charge < -0.3 is 40.7 Å². The molecule has 4 saturated carbocycles. The number of quaternary nitrogens is 1. The topological polar surface area (TPSA) is 190 Å². The number of carbonyl (C=O) groups excluding carboxylic acids is 1. The van der Waals surface area contributed by atoms with Gasteiger partial charge in [-0.3, -0.25) is 10.5 Å². The van der Waals surface area contributed by atoms with Gasteiger partial charge in [0.25, 0.3) is 0 Å². The zero-order valence-electron chi connectivity index (χ0n) is 33.1. The molecule has 2 heterocycles. The van der Waals surface area contributed by atoms with Crippen LogP contribution in [0.15, 0.2) is 23.8 Å². The summed E-state index contributed by atoms with van der Waals surface area (Å²) in [4.78, 5) is 14.5. The lowest BCUT2D eigenvalue weighted by atomic mass is 9.41. The number of hydrogen-bond donors (Lipinski definition) is 8. The summed E-state index contributed by atoms with van der Waals surface area (Å²) in [5, 5.41) is 73.9. The number of carbonyl (C=O) groups is 1. The van der Waals surface area contributed by atoms with Crippen molar-refractivity contribution in [1.82, 2.24) is 0 Å². The molecular formula is C44H71N2O8+. The number of fused-ring (bicyclic) bond motifs is 3. The summed E-state index contributed by atoms with van der Waals surface area (Å²) in [6.45, 7) is 6.83. The van der Waals surface area contributed by atoms with Crippen LogP contribution in [0.1, 0.15) is 117 Å². The van der Waals surface area contributed by atoms with Gasteiger partial charge in [0.05, 0.1) is 42.2 Å². The molecule has 8 aliphatic rings. The van der Waals surface area contributed by atoms with Crippen LogP contribution in [0, 0.1) is 64.1 Å². The fourth-order valence-electron chi connectivity index (χ4n) is 15.1. The molecule has 0 amide bonds. The molecule has 8 rings (SSSR count). The van der Waals surface area contributed by atoms with Crippen molar-refractivity contribution in [1.29, 1.82) is 0 Å². The minimum Gasteiger partial charge on any atom is -0.396 e. The number of nitrogens with two attached hydrogens (primary N) is 2. The molecule has 19 unspecified atom stereocenters. The minimum atomic E-state index is -1.64. The van der Waals surface area contributed by atoms with Crippen LogP contribution in [0.5, 0.6) is 0 Å². The number of rotatable bonds is 8. The van der Waals surface area contributed by atoms with Crippen LogP contribution in [0.25, 0.3) is 0 Å². The second-order valence-electron chi connectivity index (χ2n) is 20.2. The Bertz CT molecular complexity index is 1460. The molecule has 6 fully saturated rings. The fraction of sp³-hybridized carbons (Fsp3) is 0.886. The largest absolute Gasteiger partial charge is 0.396 e. The molecule has 1 spiro atoms. The Labute approximate surface area is 322 Å². The maximum Gasteiger partial charge on any atom is 0.159 e. The van der Waals surface area contributed by atoms with Crippen molar-refractivity contribution < 1.29 is 45.5 Å². The summed E-state index contributed by atoms with van der Waals surface area (Å²) in [7, 11) is 0. The SMILES string of the molecule is CCCC1CCC2OC(C(O)C(C)(O)C3CCC4(O)C5=CC(=O)C6CC(O)C(O)CC67CC(C6CCC(N)[NH2+]C6)C=CC(CC34CCO)C57)C(C)C2CC1. The second kappa shape index (κ2) is 14.6. The first-order valence-electron chi connectivity index (χ1n) is 22.0. The van der Waals surface area contributed by atoms with E-state index in [2.05, 4.69) is 31.3 Å². The molecule has 0 bridgehead atoms. The Morgan fingerprint density at radius 3 is 2.52 bits per heavy atom. The first-order chi connectivity index (χ1) is 25.7. The Hall–Kier alpha value is -1.21. The van der Waals surface area contributed by atoms with Gasteiger partial charge in [-0.05, 0) is 136 Å². The molecule has 10 nitrogen and oxygen atoms in total. The quantitative estimate of drug-likeness (QED) is 0.172. The van der Waals surface area contributed by atoms with E-state index in [4.69, 9.17) is 10.5 Å². The zero-order chi connectivity index (χ0) is 38.4. The van der Waals surface area contributed by atoms with Crippen LogP contribution in [0.2, 0.25) is 0 Å². The lowest BCUT2D eigenvalue weighted by Crippen LogP contribution is -2.95. The lowest BCUT2D eigenvalue weighted by molar-refractivity contribution is -0.703. The molecule has 0 aromatic carbocycles. The van der Waals surface area contributed by atoms with Gasteiger partial charge in [-0.2, -0.15) is 0 Å². The monoisotopic (exact) mass is 756 g/mol. The van der Waals surface area contributed by atoms with E-state index in [0.717, 1.165) is 44.6 Å². The highest BCUT2D eigenvalue weighted by Gasteiger charge is 2.73. The molecule has 0 aromatic rings. The highest BCUT2D eigenvalue weighted by atomic mass is 16.5. The molecule has 10 heteroatoms. The smallest absolute Gasteiger partial charge is 0.159 e. The maximum absolute atomic E-state index is 14.5. The van der Waals surface area contributed by atoms with E-state index in [0.29, 0.717) is 49.5 Å². The van der Waals surface area contributed by atoms with Gasteiger partial charge in [-0.25, -0.2) is 0 Å². The Morgan fingerprint density at radius 1 is 1.04 bits per heavy atom. The standard InChI is InChI=1S/C44H70N2O8/c1-4-5-25-6-11-29-24(2)39(54-35(29)12-7-25)40(51)41(3,52)36-14-15-44(53)31-19-32(48)30-18-33(49)34(50)22-42(30)20-26(28-10-13-37(45)46-23-28)8-9-27(38(31)42)21-43(36,44)16-17-47/h8-9,19,24-30,33-40,46-47,49-53H,4-7,10-18,20-23,45H2,1-3H3/p+1. The van der Waals surface area contributed by atoms with Crippen LogP contribution in [0.3, 0.4) is 0 Å². The Balaban J connectivity index is 1.16. The van der Waals surface area contributed by atoms with Crippen molar-refractivity contribution in [2.24, 2.45) is 69.8 Å². The third-order valence-electron chi connectivity index (χ3n) is 17.7. The fourth-order valence-corrected chi connectivity index (χ4v) is 15.1. The van der Waals surface area contributed by atoms with Gasteiger partial charge in [-0.1, -0.05) is 45.3 Å². The molecule has 2 saturated heterocycles. The highest BCUT2D eigenvalue weighted by Crippen LogP contribution is 2.73. The maximum atomic E-state index is 14.5. The Morgan fingerprint density at radius 2 is 1.80 bits per heavy atom. The number of allylic oxidation sites excluding steroid dienone is 3. The summed E-state index contributed by atoms with van der Waals surface area (Å²) in [5.41, 5.74) is 2.16. The lowest BCUT2D eigenvalue weighted by Gasteiger charge is -2.64. The van der Waals surface area contributed by atoms with Crippen LogP contribution in [-0.4, -0.2) is 97.5 Å². The molecular weight excluding hydrogens is 684 g/mol. The number of ketones is 1.